The zero-order valence-electron chi connectivity index (χ0n) is 16.9. The highest BCUT2D eigenvalue weighted by Crippen LogP contribution is 2.23. The molecule has 6 nitrogen and oxygen atoms in total. The fourth-order valence-electron chi connectivity index (χ4n) is 2.83. The first-order valence-electron chi connectivity index (χ1n) is 9.56. The van der Waals surface area contributed by atoms with Crippen LogP contribution in [0.3, 0.4) is 0 Å². The summed E-state index contributed by atoms with van der Waals surface area (Å²) in [5.74, 6) is 0.236. The van der Waals surface area contributed by atoms with Gasteiger partial charge in [0.05, 0.1) is 0 Å². The van der Waals surface area contributed by atoms with E-state index < -0.39 is 0 Å². The van der Waals surface area contributed by atoms with Gasteiger partial charge in [0.2, 0.25) is 0 Å². The molecule has 3 aromatic rings. The minimum absolute atomic E-state index is 0.0616. The number of anilines is 3. The van der Waals surface area contributed by atoms with Crippen LogP contribution in [0.4, 0.5) is 17.2 Å². The van der Waals surface area contributed by atoms with Crippen LogP contribution in [-0.4, -0.2) is 27.6 Å². The Balaban J connectivity index is 1.67. The Morgan fingerprint density at radius 3 is 2.24 bits per heavy atom. The lowest BCUT2D eigenvalue weighted by molar-refractivity contribution is 0.102. The summed E-state index contributed by atoms with van der Waals surface area (Å²) in [7, 11) is 0. The molecule has 0 fully saturated rings. The van der Waals surface area contributed by atoms with Crippen molar-refractivity contribution in [1.82, 2.24) is 9.97 Å². The van der Waals surface area contributed by atoms with E-state index in [9.17, 15) is 4.79 Å². The lowest BCUT2D eigenvalue weighted by Gasteiger charge is -2.19. The van der Waals surface area contributed by atoms with E-state index in [4.69, 9.17) is 5.11 Å². The Bertz CT molecular complexity index is 961. The number of hydrogen-bond acceptors (Lipinski definition) is 5. The number of carbonyl (C=O) groups excluding carboxylic acids is 1. The summed E-state index contributed by atoms with van der Waals surface area (Å²) in [6.45, 7) is 6.57. The van der Waals surface area contributed by atoms with Crippen LogP contribution in [0.5, 0.6) is 0 Å². The zero-order valence-corrected chi connectivity index (χ0v) is 16.9. The molecular formula is C23H26N4O2. The Morgan fingerprint density at radius 1 is 0.966 bits per heavy atom. The van der Waals surface area contributed by atoms with E-state index in [1.165, 1.54) is 11.9 Å². The van der Waals surface area contributed by atoms with Crippen molar-refractivity contribution >= 4 is 23.1 Å². The van der Waals surface area contributed by atoms with Gasteiger partial charge in [0.15, 0.2) is 0 Å². The minimum atomic E-state index is -0.294. The van der Waals surface area contributed by atoms with Crippen LogP contribution < -0.4 is 10.6 Å². The number of nitrogens with one attached hydrogen (secondary N) is 2. The zero-order chi connectivity index (χ0) is 20.9. The summed E-state index contributed by atoms with van der Waals surface area (Å²) in [6.07, 6.45) is 1.98. The SMILES string of the molecule is CC(C)(C)c1ccc(NC(=O)c2cc(Nc3ccc(CCO)cc3)ncn2)cc1. The minimum Gasteiger partial charge on any atom is -0.396 e. The van der Waals surface area contributed by atoms with Crippen LogP contribution >= 0.6 is 0 Å². The number of amides is 1. The first-order valence-corrected chi connectivity index (χ1v) is 9.56. The Morgan fingerprint density at radius 2 is 1.62 bits per heavy atom. The van der Waals surface area contributed by atoms with Gasteiger partial charge in [-0.1, -0.05) is 45.0 Å². The molecule has 29 heavy (non-hydrogen) atoms. The molecule has 1 heterocycles. The van der Waals surface area contributed by atoms with Crippen molar-refractivity contribution in [2.24, 2.45) is 0 Å². The summed E-state index contributed by atoms with van der Waals surface area (Å²) in [6, 6.07) is 17.1. The van der Waals surface area contributed by atoms with E-state index >= 15 is 0 Å². The lowest BCUT2D eigenvalue weighted by atomic mass is 9.87. The summed E-state index contributed by atoms with van der Waals surface area (Å²) >= 11 is 0. The number of hydrogen-bond donors (Lipinski definition) is 3. The molecule has 0 bridgehead atoms. The van der Waals surface area contributed by atoms with Crippen LogP contribution in [0, 0.1) is 0 Å². The van der Waals surface area contributed by atoms with Gasteiger partial charge >= 0.3 is 0 Å². The number of aliphatic hydroxyl groups excluding tert-OH is 1. The Labute approximate surface area is 171 Å². The second kappa shape index (κ2) is 8.84. The molecule has 1 amide bonds. The number of nitrogens with zero attached hydrogens (tertiary/aromatic N) is 2. The second-order valence-corrected chi connectivity index (χ2v) is 7.87. The molecule has 0 aliphatic rings. The maximum absolute atomic E-state index is 12.6. The normalized spacial score (nSPS) is 11.2. The smallest absolute Gasteiger partial charge is 0.274 e. The molecule has 6 heteroatoms. The summed E-state index contributed by atoms with van der Waals surface area (Å²) in [4.78, 5) is 20.8. The van der Waals surface area contributed by atoms with E-state index in [1.54, 1.807) is 6.07 Å². The number of aromatic nitrogens is 2. The highest BCUT2D eigenvalue weighted by Gasteiger charge is 2.14. The average Bonchev–Trinajstić information content (AvgIpc) is 2.70. The van der Waals surface area contributed by atoms with Crippen LogP contribution in [0.1, 0.15) is 42.4 Å². The van der Waals surface area contributed by atoms with Gasteiger partial charge in [-0.25, -0.2) is 9.97 Å². The number of aliphatic hydroxyl groups is 1. The standard InChI is InChI=1S/C23H26N4O2/c1-23(2,3)17-6-10-19(11-7-17)27-22(29)20-14-21(25-15-24-20)26-18-8-4-16(5-9-18)12-13-28/h4-11,14-15,28H,12-13H2,1-3H3,(H,27,29)(H,24,25,26). The highest BCUT2D eigenvalue weighted by molar-refractivity contribution is 6.03. The van der Waals surface area contributed by atoms with Gasteiger partial charge in [0.1, 0.15) is 17.8 Å². The van der Waals surface area contributed by atoms with E-state index in [2.05, 4.69) is 41.4 Å². The largest absolute Gasteiger partial charge is 0.396 e. The van der Waals surface area contributed by atoms with Crippen molar-refractivity contribution in [3.05, 3.63) is 77.7 Å². The highest BCUT2D eigenvalue weighted by atomic mass is 16.3. The summed E-state index contributed by atoms with van der Waals surface area (Å²) < 4.78 is 0. The maximum Gasteiger partial charge on any atom is 0.274 e. The van der Waals surface area contributed by atoms with Crippen molar-refractivity contribution in [2.75, 3.05) is 17.2 Å². The third kappa shape index (κ3) is 5.62. The van der Waals surface area contributed by atoms with Gasteiger partial charge < -0.3 is 15.7 Å². The van der Waals surface area contributed by atoms with E-state index in [1.807, 2.05) is 48.5 Å². The first kappa shape index (κ1) is 20.5. The van der Waals surface area contributed by atoms with Gasteiger partial charge in [-0.2, -0.15) is 0 Å². The molecule has 150 valence electrons. The molecule has 0 aliphatic heterocycles. The first-order chi connectivity index (χ1) is 13.8. The van der Waals surface area contributed by atoms with Crippen LogP contribution in [0.25, 0.3) is 0 Å². The maximum atomic E-state index is 12.6. The van der Waals surface area contributed by atoms with Crippen molar-refractivity contribution in [2.45, 2.75) is 32.6 Å². The number of rotatable bonds is 6. The Hall–Kier alpha value is -3.25. The molecule has 0 atom stereocenters. The number of benzene rings is 2. The molecule has 0 spiro atoms. The van der Waals surface area contributed by atoms with E-state index in [0.29, 0.717) is 12.2 Å². The predicted octanol–water partition coefficient (Wildman–Crippen LogP) is 4.30. The van der Waals surface area contributed by atoms with Gasteiger partial charge in [0.25, 0.3) is 5.91 Å². The lowest BCUT2D eigenvalue weighted by Crippen LogP contribution is -2.15. The molecule has 0 saturated heterocycles. The quantitative estimate of drug-likeness (QED) is 0.584. The van der Waals surface area contributed by atoms with E-state index in [0.717, 1.165) is 16.9 Å². The predicted molar refractivity (Wildman–Crippen MR) is 116 cm³/mol. The van der Waals surface area contributed by atoms with Gasteiger partial charge in [0, 0.05) is 24.0 Å². The Kier molecular flexibility index (Phi) is 6.24. The number of carbonyl (C=O) groups is 1. The summed E-state index contributed by atoms with van der Waals surface area (Å²) in [5.41, 5.74) is 4.16. The molecule has 0 radical (unpaired) electrons. The van der Waals surface area contributed by atoms with Crippen molar-refractivity contribution in [3.63, 3.8) is 0 Å². The van der Waals surface area contributed by atoms with Crippen molar-refractivity contribution in [3.8, 4) is 0 Å². The van der Waals surface area contributed by atoms with Crippen LogP contribution in [0.15, 0.2) is 60.9 Å². The molecule has 1 aromatic heterocycles. The molecular weight excluding hydrogens is 364 g/mol. The fourth-order valence-corrected chi connectivity index (χ4v) is 2.83. The molecule has 0 aliphatic carbocycles. The second-order valence-electron chi connectivity index (χ2n) is 7.87. The third-order valence-corrected chi connectivity index (χ3v) is 4.54. The summed E-state index contributed by atoms with van der Waals surface area (Å²) in [5, 5.41) is 15.0. The fraction of sp³-hybridized carbons (Fsp3) is 0.261. The molecule has 3 N–H and O–H groups in total. The molecule has 0 saturated carbocycles. The molecule has 2 aromatic carbocycles. The topological polar surface area (TPSA) is 87.1 Å². The van der Waals surface area contributed by atoms with Crippen molar-refractivity contribution in [1.29, 1.82) is 0 Å². The van der Waals surface area contributed by atoms with Gasteiger partial charge in [-0.3, -0.25) is 4.79 Å². The van der Waals surface area contributed by atoms with Crippen LogP contribution in [0.2, 0.25) is 0 Å². The van der Waals surface area contributed by atoms with Gasteiger partial charge in [-0.15, -0.1) is 0 Å². The monoisotopic (exact) mass is 390 g/mol. The van der Waals surface area contributed by atoms with E-state index in [-0.39, 0.29) is 23.6 Å². The third-order valence-electron chi connectivity index (χ3n) is 4.54. The molecule has 0 unspecified atom stereocenters. The van der Waals surface area contributed by atoms with Gasteiger partial charge in [-0.05, 0) is 47.2 Å². The average molecular weight is 390 g/mol. The van der Waals surface area contributed by atoms with Crippen molar-refractivity contribution < 1.29 is 9.90 Å². The van der Waals surface area contributed by atoms with Crippen LogP contribution in [-0.2, 0) is 11.8 Å². The molecule has 3 rings (SSSR count).